The molecule has 1 aromatic heterocycles. The summed E-state index contributed by atoms with van der Waals surface area (Å²) >= 11 is 11.7. The summed E-state index contributed by atoms with van der Waals surface area (Å²) in [6, 6.07) is 7.51. The Kier molecular flexibility index (Phi) is 6.03. The van der Waals surface area contributed by atoms with E-state index in [0.717, 1.165) is 5.56 Å². The molecule has 0 aliphatic rings. The Morgan fingerprint density at radius 1 is 1.36 bits per heavy atom. The van der Waals surface area contributed by atoms with Gasteiger partial charge in [-0.3, -0.25) is 9.69 Å². The van der Waals surface area contributed by atoms with Crippen molar-refractivity contribution in [2.45, 2.75) is 33.0 Å². The van der Waals surface area contributed by atoms with Gasteiger partial charge in [0, 0.05) is 18.2 Å². The molecule has 0 saturated heterocycles. The molecule has 0 radical (unpaired) electrons. The maximum absolute atomic E-state index is 12.1. The first-order valence-electron chi connectivity index (χ1n) is 7.97. The monoisotopic (exact) mass is 381 g/mol. The van der Waals surface area contributed by atoms with Gasteiger partial charge >= 0.3 is 0 Å². The third-order valence-electron chi connectivity index (χ3n) is 3.46. The Hall–Kier alpha value is -1.70. The fraction of sp³-hybridized carbons (Fsp3) is 0.471. The van der Waals surface area contributed by atoms with Gasteiger partial charge in [-0.1, -0.05) is 23.7 Å². The summed E-state index contributed by atoms with van der Waals surface area (Å²) in [5.41, 5.74) is 0.570. The van der Waals surface area contributed by atoms with Crippen molar-refractivity contribution in [3.05, 3.63) is 34.1 Å². The van der Waals surface area contributed by atoms with Crippen LogP contribution < -0.4 is 5.32 Å². The third-order valence-corrected chi connectivity index (χ3v) is 4.27. The molecular formula is C17H24ClN5OS. The topological polar surface area (TPSA) is 55.1 Å². The van der Waals surface area contributed by atoms with E-state index in [-0.39, 0.29) is 18.0 Å². The number of nitrogens with one attached hydrogen (secondary N) is 1. The number of amides is 1. The molecule has 0 fully saturated rings. The highest BCUT2D eigenvalue weighted by Crippen LogP contribution is 2.25. The summed E-state index contributed by atoms with van der Waals surface area (Å²) in [6.07, 6.45) is 0. The Morgan fingerprint density at radius 2 is 2.00 bits per heavy atom. The zero-order chi connectivity index (χ0) is 18.8. The minimum atomic E-state index is -0.254. The molecule has 0 aliphatic carbocycles. The summed E-state index contributed by atoms with van der Waals surface area (Å²) in [4.78, 5) is 13.9. The lowest BCUT2D eigenvalue weighted by Crippen LogP contribution is -2.45. The maximum Gasteiger partial charge on any atom is 0.234 e. The SMILES string of the molecule is CN(CC(=O)NC(C)(C)C)Cn1nc(-c2ccccc2Cl)n(C)c1=S. The predicted molar refractivity (Wildman–Crippen MR) is 103 cm³/mol. The average molecular weight is 382 g/mol. The third kappa shape index (κ3) is 5.14. The van der Waals surface area contributed by atoms with Gasteiger partial charge in [0.25, 0.3) is 0 Å². The fourth-order valence-electron chi connectivity index (χ4n) is 2.44. The van der Waals surface area contributed by atoms with Gasteiger partial charge in [-0.15, -0.1) is 0 Å². The lowest BCUT2D eigenvalue weighted by atomic mass is 10.1. The van der Waals surface area contributed by atoms with Crippen molar-refractivity contribution in [1.82, 2.24) is 24.6 Å². The Balaban J connectivity index is 2.16. The van der Waals surface area contributed by atoms with Gasteiger partial charge in [0.2, 0.25) is 5.91 Å². The highest BCUT2D eigenvalue weighted by molar-refractivity contribution is 7.71. The van der Waals surface area contributed by atoms with Crippen LogP contribution in [0.15, 0.2) is 24.3 Å². The van der Waals surface area contributed by atoms with Crippen molar-refractivity contribution in [3.63, 3.8) is 0 Å². The molecule has 0 aliphatic heterocycles. The van der Waals surface area contributed by atoms with Gasteiger partial charge in [0.05, 0.1) is 18.2 Å². The zero-order valence-electron chi connectivity index (χ0n) is 15.2. The second-order valence-corrected chi connectivity index (χ2v) is 7.87. The van der Waals surface area contributed by atoms with Gasteiger partial charge in [0.15, 0.2) is 10.6 Å². The first-order chi connectivity index (χ1) is 11.6. The van der Waals surface area contributed by atoms with Gasteiger partial charge in [0.1, 0.15) is 0 Å². The van der Waals surface area contributed by atoms with E-state index in [4.69, 9.17) is 23.8 Å². The van der Waals surface area contributed by atoms with E-state index < -0.39 is 0 Å². The molecule has 8 heteroatoms. The molecule has 1 heterocycles. The number of likely N-dealkylation sites (N-methyl/N-ethyl adjacent to an activating group) is 1. The molecule has 0 unspecified atom stereocenters. The average Bonchev–Trinajstić information content (AvgIpc) is 2.74. The summed E-state index contributed by atoms with van der Waals surface area (Å²) in [6.45, 7) is 6.53. The minimum Gasteiger partial charge on any atom is -0.350 e. The van der Waals surface area contributed by atoms with Crippen molar-refractivity contribution in [1.29, 1.82) is 0 Å². The quantitative estimate of drug-likeness (QED) is 0.808. The second-order valence-electron chi connectivity index (χ2n) is 7.10. The normalized spacial score (nSPS) is 11.8. The van der Waals surface area contributed by atoms with E-state index in [0.29, 0.717) is 22.3 Å². The lowest BCUT2D eigenvalue weighted by Gasteiger charge is -2.23. The maximum atomic E-state index is 12.1. The summed E-state index contributed by atoms with van der Waals surface area (Å²) in [5, 5.41) is 8.14. The fourth-order valence-corrected chi connectivity index (χ4v) is 2.84. The van der Waals surface area contributed by atoms with Crippen molar-refractivity contribution in [3.8, 4) is 11.4 Å². The number of hydrogen-bond donors (Lipinski definition) is 1. The molecule has 0 bridgehead atoms. The number of aromatic nitrogens is 3. The van der Waals surface area contributed by atoms with E-state index in [2.05, 4.69) is 10.4 Å². The van der Waals surface area contributed by atoms with Crippen molar-refractivity contribution in [2.75, 3.05) is 13.6 Å². The lowest BCUT2D eigenvalue weighted by molar-refractivity contribution is -0.123. The Labute approximate surface area is 158 Å². The predicted octanol–water partition coefficient (Wildman–Crippen LogP) is 3.08. The van der Waals surface area contributed by atoms with Crippen LogP contribution in [0, 0.1) is 4.77 Å². The molecule has 1 N–H and O–H groups in total. The zero-order valence-corrected chi connectivity index (χ0v) is 16.8. The summed E-state index contributed by atoms with van der Waals surface area (Å²) in [5.74, 6) is 0.659. The van der Waals surface area contributed by atoms with Gasteiger partial charge < -0.3 is 9.88 Å². The highest BCUT2D eigenvalue weighted by atomic mass is 35.5. The standard InChI is InChI=1S/C17H24ClN5OS/c1-17(2,3)19-14(24)10-21(4)11-23-16(25)22(5)15(20-23)12-8-6-7-9-13(12)18/h6-9H,10-11H2,1-5H3,(H,19,24). The van der Waals surface area contributed by atoms with Crippen LogP contribution in [-0.4, -0.2) is 44.3 Å². The van der Waals surface area contributed by atoms with E-state index in [1.54, 1.807) is 4.68 Å². The van der Waals surface area contributed by atoms with Crippen LogP contribution in [0.1, 0.15) is 20.8 Å². The second kappa shape index (κ2) is 7.68. The molecule has 1 aromatic carbocycles. The van der Waals surface area contributed by atoms with Crippen LogP contribution in [0.4, 0.5) is 0 Å². The molecule has 0 spiro atoms. The van der Waals surface area contributed by atoms with Gasteiger partial charge in [-0.2, -0.15) is 5.10 Å². The van der Waals surface area contributed by atoms with Crippen LogP contribution in [0.3, 0.4) is 0 Å². The van der Waals surface area contributed by atoms with E-state index in [1.165, 1.54) is 0 Å². The number of benzene rings is 1. The largest absolute Gasteiger partial charge is 0.350 e. The van der Waals surface area contributed by atoms with Crippen molar-refractivity contribution >= 4 is 29.7 Å². The van der Waals surface area contributed by atoms with Gasteiger partial charge in [-0.05, 0) is 52.2 Å². The number of nitrogens with zero attached hydrogens (tertiary/aromatic N) is 4. The molecule has 0 saturated carbocycles. The van der Waals surface area contributed by atoms with Gasteiger partial charge in [-0.25, -0.2) is 4.68 Å². The number of carbonyl (C=O) groups excluding carboxylic acids is 1. The first-order valence-corrected chi connectivity index (χ1v) is 8.75. The van der Waals surface area contributed by atoms with Crippen LogP contribution in [0.2, 0.25) is 5.02 Å². The molecular weight excluding hydrogens is 358 g/mol. The van der Waals surface area contributed by atoms with Crippen molar-refractivity contribution in [2.24, 2.45) is 7.05 Å². The van der Waals surface area contributed by atoms with E-state index >= 15 is 0 Å². The summed E-state index contributed by atoms with van der Waals surface area (Å²) in [7, 11) is 3.71. The molecule has 136 valence electrons. The highest BCUT2D eigenvalue weighted by Gasteiger charge is 2.17. The molecule has 2 rings (SSSR count). The first kappa shape index (κ1) is 19.6. The van der Waals surface area contributed by atoms with E-state index in [9.17, 15) is 4.79 Å². The van der Waals surface area contributed by atoms with Crippen LogP contribution >= 0.6 is 23.8 Å². The summed E-state index contributed by atoms with van der Waals surface area (Å²) < 4.78 is 4.08. The Morgan fingerprint density at radius 3 is 2.60 bits per heavy atom. The number of rotatable bonds is 5. The smallest absolute Gasteiger partial charge is 0.234 e. The van der Waals surface area contributed by atoms with Crippen LogP contribution in [0.25, 0.3) is 11.4 Å². The molecule has 0 atom stereocenters. The Bertz CT molecular complexity index is 821. The van der Waals surface area contributed by atoms with Crippen LogP contribution in [0.5, 0.6) is 0 Å². The number of carbonyl (C=O) groups is 1. The molecule has 2 aromatic rings. The number of halogens is 1. The molecule has 25 heavy (non-hydrogen) atoms. The minimum absolute atomic E-state index is 0.0382. The van der Waals surface area contributed by atoms with Crippen LogP contribution in [-0.2, 0) is 18.5 Å². The number of hydrogen-bond acceptors (Lipinski definition) is 4. The van der Waals surface area contributed by atoms with E-state index in [1.807, 2.05) is 68.6 Å². The van der Waals surface area contributed by atoms with Crippen molar-refractivity contribution < 1.29 is 4.79 Å². The molecule has 1 amide bonds. The molecule has 6 nitrogen and oxygen atoms in total.